The van der Waals surface area contributed by atoms with Gasteiger partial charge in [0.15, 0.2) is 0 Å². The summed E-state index contributed by atoms with van der Waals surface area (Å²) in [5, 5.41) is 10.3. The Balaban J connectivity index is 3.38. The van der Waals surface area contributed by atoms with E-state index in [0.29, 0.717) is 6.07 Å². The van der Waals surface area contributed by atoms with Crippen LogP contribution in [0.3, 0.4) is 0 Å². The molecule has 0 saturated heterocycles. The standard InChI is InChI=1S/C9H7ClF2N2O4/c1-18-7(15)2-4-8(9(11)12)5(14(16)17)3-6(10)13-4/h3,9H,2H2,1H3. The first kappa shape index (κ1) is 14.2. The number of alkyl halides is 2. The second-order valence-corrected chi connectivity index (χ2v) is 3.52. The van der Waals surface area contributed by atoms with Crippen molar-refractivity contribution >= 4 is 23.3 Å². The predicted octanol–water partition coefficient (Wildman–Crippen LogP) is 2.30. The molecule has 9 heteroatoms. The van der Waals surface area contributed by atoms with Gasteiger partial charge in [0.05, 0.1) is 30.2 Å². The lowest BCUT2D eigenvalue weighted by Crippen LogP contribution is -2.11. The van der Waals surface area contributed by atoms with Crippen LogP contribution in [0.5, 0.6) is 0 Å². The average Bonchev–Trinajstić information content (AvgIpc) is 2.27. The van der Waals surface area contributed by atoms with Gasteiger partial charge < -0.3 is 4.74 Å². The Labute approximate surface area is 105 Å². The Morgan fingerprint density at radius 3 is 2.72 bits per heavy atom. The highest BCUT2D eigenvalue weighted by atomic mass is 35.5. The fourth-order valence-corrected chi connectivity index (χ4v) is 1.50. The topological polar surface area (TPSA) is 82.3 Å². The number of nitrogens with zero attached hydrogens (tertiary/aromatic N) is 2. The van der Waals surface area contributed by atoms with E-state index in [1.807, 2.05) is 0 Å². The highest BCUT2D eigenvalue weighted by Crippen LogP contribution is 2.33. The van der Waals surface area contributed by atoms with E-state index in [9.17, 15) is 23.7 Å². The molecule has 0 unspecified atom stereocenters. The number of esters is 1. The van der Waals surface area contributed by atoms with Crippen molar-refractivity contribution in [1.29, 1.82) is 0 Å². The number of carbonyl (C=O) groups is 1. The molecule has 1 aromatic rings. The van der Waals surface area contributed by atoms with Crippen LogP contribution < -0.4 is 0 Å². The quantitative estimate of drug-likeness (QED) is 0.366. The Kier molecular flexibility index (Phi) is 4.49. The number of halogens is 3. The number of rotatable bonds is 4. The summed E-state index contributed by atoms with van der Waals surface area (Å²) >= 11 is 5.48. The van der Waals surface area contributed by atoms with Crippen LogP contribution in [0, 0.1) is 10.1 Å². The average molecular weight is 281 g/mol. The van der Waals surface area contributed by atoms with Gasteiger partial charge in [-0.2, -0.15) is 0 Å². The third kappa shape index (κ3) is 3.10. The second-order valence-electron chi connectivity index (χ2n) is 3.14. The zero-order valence-electron chi connectivity index (χ0n) is 9.02. The molecule has 0 saturated carbocycles. The molecule has 1 rings (SSSR count). The molecule has 0 aliphatic carbocycles. The molecule has 0 aliphatic rings. The van der Waals surface area contributed by atoms with Gasteiger partial charge in [-0.3, -0.25) is 14.9 Å². The fourth-order valence-electron chi connectivity index (χ4n) is 1.29. The minimum Gasteiger partial charge on any atom is -0.469 e. The number of ether oxygens (including phenoxy) is 1. The number of hydrogen-bond acceptors (Lipinski definition) is 5. The van der Waals surface area contributed by atoms with Crippen molar-refractivity contribution in [3.05, 3.63) is 32.6 Å². The minimum absolute atomic E-state index is 0.343. The predicted molar refractivity (Wildman–Crippen MR) is 56.6 cm³/mol. The zero-order chi connectivity index (χ0) is 13.9. The molecule has 0 aliphatic heterocycles. The molecular weight excluding hydrogens is 274 g/mol. The normalized spacial score (nSPS) is 10.5. The second kappa shape index (κ2) is 5.67. The van der Waals surface area contributed by atoms with E-state index in [0.717, 1.165) is 7.11 Å². The van der Waals surface area contributed by atoms with Crippen LogP contribution in [0.4, 0.5) is 14.5 Å². The highest BCUT2D eigenvalue weighted by molar-refractivity contribution is 6.29. The summed E-state index contributed by atoms with van der Waals surface area (Å²) in [4.78, 5) is 24.2. The molecule has 0 spiro atoms. The molecule has 0 radical (unpaired) electrons. The first-order chi connectivity index (χ1) is 8.36. The first-order valence-electron chi connectivity index (χ1n) is 4.55. The summed E-state index contributed by atoms with van der Waals surface area (Å²) in [6, 6.07) is 0.712. The number of carbonyl (C=O) groups excluding carboxylic acids is 1. The molecule has 1 heterocycles. The zero-order valence-corrected chi connectivity index (χ0v) is 9.78. The van der Waals surface area contributed by atoms with Gasteiger partial charge in [-0.1, -0.05) is 11.6 Å². The van der Waals surface area contributed by atoms with Gasteiger partial charge in [0.25, 0.3) is 12.1 Å². The Bertz CT molecular complexity index is 496. The van der Waals surface area contributed by atoms with Gasteiger partial charge in [-0.15, -0.1) is 0 Å². The van der Waals surface area contributed by atoms with Crippen LogP contribution in [-0.2, 0) is 16.0 Å². The van der Waals surface area contributed by atoms with Crippen molar-refractivity contribution in [2.75, 3.05) is 7.11 Å². The maximum Gasteiger partial charge on any atom is 0.311 e. The third-order valence-electron chi connectivity index (χ3n) is 2.04. The lowest BCUT2D eigenvalue weighted by molar-refractivity contribution is -0.386. The summed E-state index contributed by atoms with van der Waals surface area (Å²) in [6.07, 6.45) is -3.76. The van der Waals surface area contributed by atoms with Crippen LogP contribution in [-0.4, -0.2) is 23.0 Å². The van der Waals surface area contributed by atoms with E-state index in [4.69, 9.17) is 11.6 Å². The van der Waals surface area contributed by atoms with Crippen molar-refractivity contribution in [3.8, 4) is 0 Å². The van der Waals surface area contributed by atoms with Crippen molar-refractivity contribution in [2.24, 2.45) is 0 Å². The molecular formula is C9H7ClF2N2O4. The minimum atomic E-state index is -3.14. The Morgan fingerprint density at radius 1 is 1.67 bits per heavy atom. The lowest BCUT2D eigenvalue weighted by atomic mass is 10.1. The van der Waals surface area contributed by atoms with E-state index >= 15 is 0 Å². The monoisotopic (exact) mass is 280 g/mol. The Morgan fingerprint density at radius 2 is 2.28 bits per heavy atom. The lowest BCUT2D eigenvalue weighted by Gasteiger charge is -2.08. The third-order valence-corrected chi connectivity index (χ3v) is 2.23. The van der Waals surface area contributed by atoms with Crippen LogP contribution in [0.2, 0.25) is 5.15 Å². The Hall–Kier alpha value is -1.83. The van der Waals surface area contributed by atoms with E-state index < -0.39 is 40.7 Å². The highest BCUT2D eigenvalue weighted by Gasteiger charge is 2.28. The van der Waals surface area contributed by atoms with E-state index in [-0.39, 0.29) is 5.15 Å². The fraction of sp³-hybridized carbons (Fsp3) is 0.333. The SMILES string of the molecule is COC(=O)Cc1nc(Cl)cc([N+](=O)[O-])c1C(F)F. The van der Waals surface area contributed by atoms with Crippen molar-refractivity contribution < 1.29 is 23.2 Å². The molecule has 0 amide bonds. The number of methoxy groups -OCH3 is 1. The smallest absolute Gasteiger partial charge is 0.311 e. The van der Waals surface area contributed by atoms with Gasteiger partial charge in [-0.05, 0) is 0 Å². The summed E-state index contributed by atoms with van der Waals surface area (Å²) in [7, 11) is 1.06. The molecule has 6 nitrogen and oxygen atoms in total. The largest absolute Gasteiger partial charge is 0.469 e. The van der Waals surface area contributed by atoms with Crippen LogP contribution in [0.25, 0.3) is 0 Å². The molecule has 0 bridgehead atoms. The summed E-state index contributed by atoms with van der Waals surface area (Å²) in [6.45, 7) is 0. The van der Waals surface area contributed by atoms with Crippen molar-refractivity contribution in [2.45, 2.75) is 12.8 Å². The molecule has 98 valence electrons. The molecule has 1 aromatic heterocycles. The van der Waals surface area contributed by atoms with Gasteiger partial charge in [0.2, 0.25) is 0 Å². The summed E-state index contributed by atoms with van der Waals surface area (Å²) in [5.74, 6) is -0.846. The number of hydrogen-bond donors (Lipinski definition) is 0. The number of aromatic nitrogens is 1. The van der Waals surface area contributed by atoms with Crippen LogP contribution >= 0.6 is 11.6 Å². The maximum absolute atomic E-state index is 12.8. The van der Waals surface area contributed by atoms with Gasteiger partial charge in [0, 0.05) is 0 Å². The van der Waals surface area contributed by atoms with Crippen molar-refractivity contribution in [3.63, 3.8) is 0 Å². The van der Waals surface area contributed by atoms with Crippen molar-refractivity contribution in [1.82, 2.24) is 4.98 Å². The maximum atomic E-state index is 12.8. The molecule has 0 fully saturated rings. The first-order valence-corrected chi connectivity index (χ1v) is 4.93. The van der Waals surface area contributed by atoms with Crippen LogP contribution in [0.15, 0.2) is 6.07 Å². The van der Waals surface area contributed by atoms with Gasteiger partial charge in [0.1, 0.15) is 10.7 Å². The van der Waals surface area contributed by atoms with Gasteiger partial charge in [-0.25, -0.2) is 13.8 Å². The molecule has 0 N–H and O–H groups in total. The van der Waals surface area contributed by atoms with Gasteiger partial charge >= 0.3 is 5.97 Å². The van der Waals surface area contributed by atoms with E-state index in [1.165, 1.54) is 0 Å². The summed E-state index contributed by atoms with van der Waals surface area (Å²) < 4.78 is 29.9. The van der Waals surface area contributed by atoms with Crippen LogP contribution in [0.1, 0.15) is 17.7 Å². The molecule has 0 atom stereocenters. The molecule has 0 aromatic carbocycles. The number of pyridine rings is 1. The van der Waals surface area contributed by atoms with E-state index in [2.05, 4.69) is 9.72 Å². The van der Waals surface area contributed by atoms with E-state index in [1.54, 1.807) is 0 Å². The number of nitro groups is 1. The molecule has 18 heavy (non-hydrogen) atoms. The summed E-state index contributed by atoms with van der Waals surface area (Å²) in [5.41, 5.74) is -2.25.